The molecule has 3 nitrogen and oxygen atoms in total. The van der Waals surface area contributed by atoms with E-state index in [1.807, 2.05) is 6.92 Å². The van der Waals surface area contributed by atoms with Gasteiger partial charge in [0.2, 0.25) is 0 Å². The van der Waals surface area contributed by atoms with Gasteiger partial charge in [0, 0.05) is 5.02 Å². The van der Waals surface area contributed by atoms with Crippen LogP contribution in [0.3, 0.4) is 0 Å². The number of carboxylic acid groups (broad SMARTS) is 1. The summed E-state index contributed by atoms with van der Waals surface area (Å²) in [5.41, 5.74) is 5.28. The summed E-state index contributed by atoms with van der Waals surface area (Å²) in [6.45, 7) is 3.56. The fourth-order valence-electron chi connectivity index (χ4n) is 0.676. The first-order valence-electron chi connectivity index (χ1n) is 4.81. The molecule has 0 bridgehead atoms. The van der Waals surface area contributed by atoms with Gasteiger partial charge in [-0.25, -0.2) is 4.39 Å². The fraction of sp³-hybridized carbons (Fsp3) is 0.364. The van der Waals surface area contributed by atoms with Crippen molar-refractivity contribution in [1.82, 2.24) is 0 Å². The van der Waals surface area contributed by atoms with Crippen LogP contribution < -0.4 is 5.73 Å². The summed E-state index contributed by atoms with van der Waals surface area (Å²) in [5.74, 6) is -1.36. The topological polar surface area (TPSA) is 63.3 Å². The highest BCUT2D eigenvalue weighted by molar-refractivity contribution is 6.30. The highest BCUT2D eigenvalue weighted by atomic mass is 35.5. The van der Waals surface area contributed by atoms with E-state index in [1.165, 1.54) is 12.1 Å². The molecule has 0 fully saturated rings. The Morgan fingerprint density at radius 2 is 2.19 bits per heavy atom. The Balaban J connectivity index is 0.000000293. The van der Waals surface area contributed by atoms with Gasteiger partial charge in [-0.15, -0.1) is 0 Å². The van der Waals surface area contributed by atoms with Crippen molar-refractivity contribution in [3.63, 3.8) is 0 Å². The van der Waals surface area contributed by atoms with Gasteiger partial charge in [0.05, 0.1) is 11.6 Å². The van der Waals surface area contributed by atoms with E-state index >= 15 is 0 Å². The van der Waals surface area contributed by atoms with Crippen LogP contribution in [0.4, 0.5) is 10.1 Å². The summed E-state index contributed by atoms with van der Waals surface area (Å²) in [6, 6.07) is 4.15. The minimum atomic E-state index is -0.706. The molecule has 0 spiro atoms. The molecule has 1 atom stereocenters. The lowest BCUT2D eigenvalue weighted by molar-refractivity contribution is -0.141. The number of aliphatic carboxylic acids is 1. The molecule has 0 radical (unpaired) electrons. The maximum atomic E-state index is 12.4. The molecule has 3 N–H and O–H groups in total. The van der Waals surface area contributed by atoms with Crippen LogP contribution in [0.25, 0.3) is 0 Å². The van der Waals surface area contributed by atoms with Gasteiger partial charge in [-0.2, -0.15) is 0 Å². The average Bonchev–Trinajstić information content (AvgIpc) is 2.23. The van der Waals surface area contributed by atoms with E-state index in [4.69, 9.17) is 22.4 Å². The molecular weight excluding hydrogens is 233 g/mol. The lowest BCUT2D eigenvalue weighted by Gasteiger charge is -1.96. The quantitative estimate of drug-likeness (QED) is 0.789. The Hall–Kier alpha value is -1.29. The van der Waals surface area contributed by atoms with E-state index in [0.29, 0.717) is 5.02 Å². The maximum Gasteiger partial charge on any atom is 0.306 e. The van der Waals surface area contributed by atoms with Crippen LogP contribution in [-0.2, 0) is 4.79 Å². The summed E-state index contributed by atoms with van der Waals surface area (Å²) in [4.78, 5) is 9.93. The van der Waals surface area contributed by atoms with Crippen LogP contribution in [0.15, 0.2) is 18.2 Å². The second-order valence-corrected chi connectivity index (χ2v) is 3.75. The van der Waals surface area contributed by atoms with E-state index in [9.17, 15) is 9.18 Å². The molecule has 0 saturated carbocycles. The standard InChI is InChI=1S/C6H5ClFN.C5H10O2/c7-4-1-2-6(9)5(8)3-4;1-3-4(2)5(6)7/h1-3H,9H2;4H,3H2,1-2H3,(H,6,7). The van der Waals surface area contributed by atoms with E-state index in [2.05, 4.69) is 0 Å². The summed E-state index contributed by atoms with van der Waals surface area (Å²) >= 11 is 5.42. The van der Waals surface area contributed by atoms with Crippen molar-refractivity contribution in [2.75, 3.05) is 5.73 Å². The van der Waals surface area contributed by atoms with Gasteiger partial charge in [-0.1, -0.05) is 25.4 Å². The van der Waals surface area contributed by atoms with Crippen molar-refractivity contribution < 1.29 is 14.3 Å². The molecule has 0 heterocycles. The van der Waals surface area contributed by atoms with Crippen LogP contribution in [0.2, 0.25) is 5.02 Å². The number of nitrogen functional groups attached to an aromatic ring is 1. The minimum Gasteiger partial charge on any atom is -0.481 e. The number of benzene rings is 1. The van der Waals surface area contributed by atoms with Gasteiger partial charge in [-0.3, -0.25) is 4.79 Å². The van der Waals surface area contributed by atoms with Crippen molar-refractivity contribution in [3.05, 3.63) is 29.0 Å². The highest BCUT2D eigenvalue weighted by Gasteiger charge is 2.05. The Morgan fingerprint density at radius 3 is 2.44 bits per heavy atom. The predicted octanol–water partition coefficient (Wildman–Crippen LogP) is 3.18. The largest absolute Gasteiger partial charge is 0.481 e. The second-order valence-electron chi connectivity index (χ2n) is 3.31. The summed E-state index contributed by atoms with van der Waals surface area (Å²) in [7, 11) is 0. The monoisotopic (exact) mass is 247 g/mol. The number of carboxylic acids is 1. The molecule has 0 aliphatic heterocycles. The number of hydrogen-bond donors (Lipinski definition) is 2. The number of nitrogens with two attached hydrogens (primary N) is 1. The van der Waals surface area contributed by atoms with Crippen molar-refractivity contribution in [3.8, 4) is 0 Å². The van der Waals surface area contributed by atoms with Crippen LogP contribution >= 0.6 is 11.6 Å². The molecule has 1 aromatic carbocycles. The molecule has 0 aliphatic rings. The van der Waals surface area contributed by atoms with E-state index < -0.39 is 11.8 Å². The molecule has 16 heavy (non-hydrogen) atoms. The number of rotatable bonds is 2. The molecule has 1 rings (SSSR count). The average molecular weight is 248 g/mol. The van der Waals surface area contributed by atoms with Crippen LogP contribution in [0.5, 0.6) is 0 Å². The number of carbonyl (C=O) groups is 1. The molecule has 5 heteroatoms. The zero-order valence-corrected chi connectivity index (χ0v) is 9.96. The third-order valence-corrected chi connectivity index (χ3v) is 2.23. The first kappa shape index (κ1) is 14.7. The van der Waals surface area contributed by atoms with Gasteiger partial charge in [0.1, 0.15) is 5.82 Å². The van der Waals surface area contributed by atoms with E-state index in [0.717, 1.165) is 6.42 Å². The first-order valence-corrected chi connectivity index (χ1v) is 5.19. The number of hydrogen-bond acceptors (Lipinski definition) is 2. The van der Waals surface area contributed by atoms with Crippen molar-refractivity contribution >= 4 is 23.3 Å². The molecule has 1 aromatic rings. The van der Waals surface area contributed by atoms with Gasteiger partial charge >= 0.3 is 5.97 Å². The SMILES string of the molecule is CCC(C)C(=O)O.Nc1ccc(Cl)cc1F. The maximum absolute atomic E-state index is 12.4. The molecular formula is C11H15ClFNO2. The zero-order chi connectivity index (χ0) is 12.7. The number of anilines is 1. The smallest absolute Gasteiger partial charge is 0.306 e. The van der Waals surface area contributed by atoms with Crippen molar-refractivity contribution in [2.24, 2.45) is 5.92 Å². The molecule has 1 unspecified atom stereocenters. The van der Waals surface area contributed by atoms with E-state index in [-0.39, 0.29) is 11.6 Å². The third-order valence-electron chi connectivity index (χ3n) is 2.00. The first-order chi connectivity index (χ1) is 7.38. The van der Waals surface area contributed by atoms with Crippen molar-refractivity contribution in [1.29, 1.82) is 0 Å². The zero-order valence-electron chi connectivity index (χ0n) is 9.21. The van der Waals surface area contributed by atoms with Crippen molar-refractivity contribution in [2.45, 2.75) is 20.3 Å². The second kappa shape index (κ2) is 7.06. The minimum absolute atomic E-state index is 0.124. The van der Waals surface area contributed by atoms with Gasteiger partial charge in [0.15, 0.2) is 0 Å². The third kappa shape index (κ3) is 5.56. The number of halogens is 2. The van der Waals surface area contributed by atoms with Gasteiger partial charge in [-0.05, 0) is 24.6 Å². The van der Waals surface area contributed by atoms with Gasteiger partial charge < -0.3 is 10.8 Å². The lowest BCUT2D eigenvalue weighted by Crippen LogP contribution is -2.06. The highest BCUT2D eigenvalue weighted by Crippen LogP contribution is 2.15. The molecule has 0 aliphatic carbocycles. The fourth-order valence-corrected chi connectivity index (χ4v) is 0.835. The Morgan fingerprint density at radius 1 is 1.62 bits per heavy atom. The lowest BCUT2D eigenvalue weighted by atomic mass is 10.1. The summed E-state index contributed by atoms with van der Waals surface area (Å²) in [5, 5.41) is 8.54. The van der Waals surface area contributed by atoms with Gasteiger partial charge in [0.25, 0.3) is 0 Å². The summed E-state index contributed by atoms with van der Waals surface area (Å²) in [6.07, 6.45) is 0.718. The molecule has 0 amide bonds. The Kier molecular flexibility index (Phi) is 6.49. The van der Waals surface area contributed by atoms with E-state index in [1.54, 1.807) is 13.0 Å². The normalized spacial score (nSPS) is 11.2. The predicted molar refractivity (Wildman–Crippen MR) is 62.9 cm³/mol. The Labute approximate surface area is 99.0 Å². The van der Waals surface area contributed by atoms with Crippen LogP contribution in [0.1, 0.15) is 20.3 Å². The Bertz CT molecular complexity index is 358. The molecule has 0 saturated heterocycles. The van der Waals surface area contributed by atoms with Crippen LogP contribution in [-0.4, -0.2) is 11.1 Å². The summed E-state index contributed by atoms with van der Waals surface area (Å²) < 4.78 is 12.4. The molecule has 0 aromatic heterocycles. The van der Waals surface area contributed by atoms with Crippen LogP contribution in [0, 0.1) is 11.7 Å². The molecule has 90 valence electrons.